The molecule has 6 rings (SSSR count). The highest BCUT2D eigenvalue weighted by Gasteiger charge is 2.67. The van der Waals surface area contributed by atoms with Gasteiger partial charge in [-0.15, -0.1) is 0 Å². The second kappa shape index (κ2) is 9.37. The molecule has 1 aromatic heterocycles. The van der Waals surface area contributed by atoms with Crippen LogP contribution in [0, 0.1) is 23.7 Å². The number of esters is 1. The van der Waals surface area contributed by atoms with Crippen molar-refractivity contribution in [1.29, 1.82) is 0 Å². The number of unbranched alkanes of at least 4 members (excludes halogenated alkanes) is 1. The third kappa shape index (κ3) is 4.26. The van der Waals surface area contributed by atoms with Gasteiger partial charge in [-0.05, 0) is 62.8 Å². The highest BCUT2D eigenvalue weighted by molar-refractivity contribution is 6.07. The summed E-state index contributed by atoms with van der Waals surface area (Å²) < 4.78 is 5.80. The second-order valence-electron chi connectivity index (χ2n) is 10.7. The average Bonchev–Trinajstić information content (AvgIpc) is 3.08. The minimum atomic E-state index is -0.983. The number of pyridine rings is 1. The van der Waals surface area contributed by atoms with Crippen molar-refractivity contribution in [2.75, 3.05) is 44.2 Å². The highest BCUT2D eigenvalue weighted by atomic mass is 16.6. The Morgan fingerprint density at radius 2 is 1.83 bits per heavy atom. The molecule has 1 aromatic rings. The normalized spacial score (nSPS) is 32.6. The lowest BCUT2D eigenvalue weighted by atomic mass is 9.54. The number of fused-ring (bicyclic) bond motifs is 1. The van der Waals surface area contributed by atoms with Crippen LogP contribution in [0.1, 0.15) is 40.0 Å². The van der Waals surface area contributed by atoms with Gasteiger partial charge in [-0.2, -0.15) is 0 Å². The molecule has 0 aromatic carbocycles. The van der Waals surface area contributed by atoms with Crippen LogP contribution in [0.3, 0.4) is 0 Å². The Labute approximate surface area is 207 Å². The molecule has 8 nitrogen and oxygen atoms in total. The maximum atomic E-state index is 13.5. The van der Waals surface area contributed by atoms with Crippen LogP contribution in [0.15, 0.2) is 36.0 Å². The van der Waals surface area contributed by atoms with Crippen LogP contribution >= 0.6 is 0 Å². The molecular formula is C27H36N4O4. The molecule has 5 atom stereocenters. The van der Waals surface area contributed by atoms with Crippen molar-refractivity contribution in [2.24, 2.45) is 23.7 Å². The molecule has 3 aliphatic carbocycles. The number of allylic oxidation sites excluding steroid dienone is 1. The van der Waals surface area contributed by atoms with Gasteiger partial charge in [0.05, 0.1) is 11.8 Å². The first-order chi connectivity index (χ1) is 16.8. The van der Waals surface area contributed by atoms with E-state index in [4.69, 9.17) is 4.74 Å². The Bertz CT molecular complexity index is 1020. The van der Waals surface area contributed by atoms with Gasteiger partial charge in [0.25, 0.3) is 0 Å². The van der Waals surface area contributed by atoms with Crippen LogP contribution in [0.5, 0.6) is 0 Å². The summed E-state index contributed by atoms with van der Waals surface area (Å²) in [5.74, 6) is -0.355. The van der Waals surface area contributed by atoms with Gasteiger partial charge in [0.15, 0.2) is 0 Å². The summed E-state index contributed by atoms with van der Waals surface area (Å²) in [7, 11) is 0. The van der Waals surface area contributed by atoms with Gasteiger partial charge in [0.2, 0.25) is 11.8 Å². The summed E-state index contributed by atoms with van der Waals surface area (Å²) in [4.78, 5) is 49.5. The maximum Gasteiger partial charge on any atom is 0.303 e. The average molecular weight is 481 g/mol. The van der Waals surface area contributed by atoms with Gasteiger partial charge >= 0.3 is 5.97 Å². The maximum absolute atomic E-state index is 13.5. The van der Waals surface area contributed by atoms with Crippen molar-refractivity contribution in [1.82, 2.24) is 14.8 Å². The molecule has 1 saturated carbocycles. The van der Waals surface area contributed by atoms with Gasteiger partial charge in [0.1, 0.15) is 11.4 Å². The van der Waals surface area contributed by atoms with E-state index in [0.29, 0.717) is 13.0 Å². The number of carbonyl (C=O) groups excluding carboxylic acids is 3. The second-order valence-corrected chi connectivity index (χ2v) is 10.7. The Hall–Kier alpha value is -2.74. The zero-order valence-corrected chi connectivity index (χ0v) is 21.0. The summed E-state index contributed by atoms with van der Waals surface area (Å²) in [6.07, 6.45) is 6.11. The zero-order chi connectivity index (χ0) is 24.7. The van der Waals surface area contributed by atoms with Crippen molar-refractivity contribution in [3.8, 4) is 0 Å². The number of ether oxygens (including phenoxy) is 1. The Balaban J connectivity index is 1.16. The fourth-order valence-corrected chi connectivity index (χ4v) is 7.07. The number of nitrogens with zero attached hydrogens (tertiary/aromatic N) is 4. The number of imide groups is 1. The van der Waals surface area contributed by atoms with E-state index in [-0.39, 0.29) is 23.7 Å². The first kappa shape index (κ1) is 24.0. The van der Waals surface area contributed by atoms with E-state index in [1.54, 1.807) is 0 Å². The molecule has 0 radical (unpaired) electrons. The van der Waals surface area contributed by atoms with Crippen LogP contribution < -0.4 is 4.90 Å². The molecular weight excluding hydrogens is 444 g/mol. The number of hydrogen-bond donors (Lipinski definition) is 0. The summed E-state index contributed by atoms with van der Waals surface area (Å²) in [5, 5.41) is 0. The molecule has 3 fully saturated rings. The molecule has 5 aliphatic rings. The van der Waals surface area contributed by atoms with Crippen molar-refractivity contribution < 1.29 is 19.1 Å². The molecule has 3 heterocycles. The molecule has 2 aliphatic heterocycles. The van der Waals surface area contributed by atoms with Gasteiger partial charge in [-0.3, -0.25) is 24.2 Å². The fourth-order valence-electron chi connectivity index (χ4n) is 7.07. The number of likely N-dealkylation sites (tertiary alicyclic amines) is 1. The SMILES string of the molecule is CC(=O)O[C@]12C=C(C)[C@H](C(C)C1)C1C(=O)N(CCCCN3CCN(c4ccccn4)CC3)C(=O)C12. The van der Waals surface area contributed by atoms with Crippen molar-refractivity contribution in [3.05, 3.63) is 36.0 Å². The minimum absolute atomic E-state index is 0.0503. The van der Waals surface area contributed by atoms with Crippen molar-refractivity contribution >= 4 is 23.6 Å². The Kier molecular flexibility index (Phi) is 6.42. The number of aromatic nitrogens is 1. The lowest BCUT2D eigenvalue weighted by molar-refractivity contribution is -0.173. The van der Waals surface area contributed by atoms with Gasteiger partial charge in [-0.1, -0.05) is 18.6 Å². The molecule has 188 valence electrons. The third-order valence-electron chi connectivity index (χ3n) is 8.39. The molecule has 35 heavy (non-hydrogen) atoms. The number of anilines is 1. The van der Waals surface area contributed by atoms with Crippen LogP contribution in [-0.2, 0) is 19.1 Å². The molecule has 3 unspecified atom stereocenters. The van der Waals surface area contributed by atoms with Crippen LogP contribution in [0.4, 0.5) is 5.82 Å². The van der Waals surface area contributed by atoms with Gasteiger partial charge in [0, 0.05) is 45.8 Å². The third-order valence-corrected chi connectivity index (χ3v) is 8.39. The van der Waals surface area contributed by atoms with Gasteiger partial charge in [-0.25, -0.2) is 4.98 Å². The van der Waals surface area contributed by atoms with E-state index in [1.807, 2.05) is 37.4 Å². The summed E-state index contributed by atoms with van der Waals surface area (Å²) in [6, 6.07) is 6.00. The molecule has 2 saturated heterocycles. The largest absolute Gasteiger partial charge is 0.454 e. The quantitative estimate of drug-likeness (QED) is 0.257. The lowest BCUT2D eigenvalue weighted by Gasteiger charge is -2.52. The molecule has 2 bridgehead atoms. The highest BCUT2D eigenvalue weighted by Crippen LogP contribution is 2.58. The lowest BCUT2D eigenvalue weighted by Crippen LogP contribution is -2.57. The molecule has 8 heteroatoms. The van der Waals surface area contributed by atoms with E-state index in [9.17, 15) is 14.4 Å². The monoisotopic (exact) mass is 480 g/mol. The predicted octanol–water partition coefficient (Wildman–Crippen LogP) is 2.50. The Morgan fingerprint density at radius 3 is 2.49 bits per heavy atom. The number of carbonyl (C=O) groups is 3. The minimum Gasteiger partial charge on any atom is -0.454 e. The Morgan fingerprint density at radius 1 is 1.09 bits per heavy atom. The van der Waals surface area contributed by atoms with E-state index >= 15 is 0 Å². The predicted molar refractivity (Wildman–Crippen MR) is 131 cm³/mol. The standard InChI is InChI=1S/C27H36N4O4/c1-18-16-27(35-20(3)32)17-19(2)22(18)23-24(27)26(34)31(25(23)33)11-7-6-10-29-12-14-30(15-13-29)21-8-4-5-9-28-21/h4-5,8-9,16,19,22-24H,6-7,10-15,17H2,1-3H3/t19?,22-,23?,24?,27-/m1/s1. The molecule has 0 spiro atoms. The topological polar surface area (TPSA) is 83.1 Å². The molecule has 0 N–H and O–H groups in total. The van der Waals surface area contributed by atoms with Crippen LogP contribution in [0.25, 0.3) is 0 Å². The first-order valence-electron chi connectivity index (χ1n) is 12.9. The fraction of sp³-hybridized carbons (Fsp3) is 0.630. The van der Waals surface area contributed by atoms with Gasteiger partial charge < -0.3 is 9.64 Å². The summed E-state index contributed by atoms with van der Waals surface area (Å²) in [6.45, 7) is 10.8. The van der Waals surface area contributed by atoms with E-state index < -0.39 is 23.4 Å². The van der Waals surface area contributed by atoms with Crippen LogP contribution in [-0.4, -0.2) is 77.4 Å². The van der Waals surface area contributed by atoms with Crippen molar-refractivity contribution in [3.63, 3.8) is 0 Å². The number of piperazine rings is 1. The summed E-state index contributed by atoms with van der Waals surface area (Å²) >= 11 is 0. The molecule has 2 amide bonds. The number of rotatable bonds is 7. The van der Waals surface area contributed by atoms with E-state index in [0.717, 1.165) is 57.0 Å². The van der Waals surface area contributed by atoms with E-state index in [1.165, 1.54) is 11.8 Å². The van der Waals surface area contributed by atoms with Crippen molar-refractivity contribution in [2.45, 2.75) is 45.6 Å². The summed E-state index contributed by atoms with van der Waals surface area (Å²) in [5.41, 5.74) is 0.0860. The first-order valence-corrected chi connectivity index (χ1v) is 12.9. The van der Waals surface area contributed by atoms with Crippen LogP contribution in [0.2, 0.25) is 0 Å². The van der Waals surface area contributed by atoms with E-state index in [2.05, 4.69) is 21.7 Å². The zero-order valence-electron chi connectivity index (χ0n) is 21.0. The smallest absolute Gasteiger partial charge is 0.303 e. The number of amides is 2. The number of hydrogen-bond acceptors (Lipinski definition) is 7.